The molecule has 0 radical (unpaired) electrons. The highest BCUT2D eigenvalue weighted by molar-refractivity contribution is 5.90. The zero-order chi connectivity index (χ0) is 19.1. The Morgan fingerprint density at radius 1 is 1.15 bits per heavy atom. The first-order chi connectivity index (χ1) is 13.2. The van der Waals surface area contributed by atoms with E-state index in [0.29, 0.717) is 19.6 Å². The van der Waals surface area contributed by atoms with Gasteiger partial charge in [-0.2, -0.15) is 0 Å². The minimum Gasteiger partial charge on any atom is -0.497 e. The summed E-state index contributed by atoms with van der Waals surface area (Å²) >= 11 is 0. The Bertz CT molecular complexity index is 779. The van der Waals surface area contributed by atoms with Crippen molar-refractivity contribution >= 4 is 17.6 Å². The van der Waals surface area contributed by atoms with Crippen LogP contribution in [-0.2, 0) is 11.3 Å². The number of para-hydroxylation sites is 1. The van der Waals surface area contributed by atoms with Gasteiger partial charge in [0.2, 0.25) is 5.91 Å². The van der Waals surface area contributed by atoms with Crippen LogP contribution in [0.4, 0.5) is 10.5 Å². The van der Waals surface area contributed by atoms with Gasteiger partial charge in [0.25, 0.3) is 0 Å². The second kappa shape index (κ2) is 9.07. The Kier molecular flexibility index (Phi) is 6.30. The van der Waals surface area contributed by atoms with Crippen molar-refractivity contribution in [3.05, 3.63) is 60.2 Å². The van der Waals surface area contributed by atoms with Crippen molar-refractivity contribution in [1.29, 1.82) is 0 Å². The van der Waals surface area contributed by atoms with E-state index in [0.717, 1.165) is 29.8 Å². The molecule has 6 nitrogen and oxygen atoms in total. The number of methoxy groups -OCH3 is 1. The molecule has 0 unspecified atom stereocenters. The van der Waals surface area contributed by atoms with Gasteiger partial charge < -0.3 is 20.3 Å². The summed E-state index contributed by atoms with van der Waals surface area (Å²) in [6, 6.07) is 16.8. The number of urea groups is 1. The third-order valence-corrected chi connectivity index (χ3v) is 4.71. The van der Waals surface area contributed by atoms with Gasteiger partial charge in [0.15, 0.2) is 0 Å². The molecule has 2 aromatic carbocycles. The Hall–Kier alpha value is -3.02. The molecule has 0 aromatic heterocycles. The Morgan fingerprint density at radius 2 is 1.96 bits per heavy atom. The van der Waals surface area contributed by atoms with Crippen LogP contribution in [-0.4, -0.2) is 37.0 Å². The number of hydrogen-bond donors (Lipinski definition) is 2. The lowest BCUT2D eigenvalue weighted by Crippen LogP contribution is -2.46. The number of likely N-dealkylation sites (tertiary alicyclic amines) is 1. The molecular weight excluding hydrogens is 342 g/mol. The molecule has 2 aromatic rings. The fraction of sp³-hybridized carbons (Fsp3) is 0.333. The van der Waals surface area contributed by atoms with Gasteiger partial charge in [-0.15, -0.1) is 0 Å². The van der Waals surface area contributed by atoms with Crippen molar-refractivity contribution in [2.45, 2.75) is 19.4 Å². The van der Waals surface area contributed by atoms with E-state index in [9.17, 15) is 9.59 Å². The molecule has 6 heteroatoms. The lowest BCUT2D eigenvalue weighted by molar-refractivity contribution is -0.126. The molecular formula is C21H25N3O3. The summed E-state index contributed by atoms with van der Waals surface area (Å²) in [5.74, 6) is 0.559. The summed E-state index contributed by atoms with van der Waals surface area (Å²) in [6.07, 6.45) is 1.61. The maximum Gasteiger partial charge on any atom is 0.321 e. The zero-order valence-electron chi connectivity index (χ0n) is 15.5. The van der Waals surface area contributed by atoms with E-state index >= 15 is 0 Å². The molecule has 0 spiro atoms. The smallest absolute Gasteiger partial charge is 0.321 e. The summed E-state index contributed by atoms with van der Waals surface area (Å²) in [5, 5.41) is 5.86. The highest BCUT2D eigenvalue weighted by Crippen LogP contribution is 2.19. The molecule has 27 heavy (non-hydrogen) atoms. The zero-order valence-corrected chi connectivity index (χ0v) is 15.5. The lowest BCUT2D eigenvalue weighted by atomic mass is 9.97. The molecule has 1 aliphatic rings. The number of ether oxygens (including phenoxy) is 1. The molecule has 142 valence electrons. The fourth-order valence-electron chi connectivity index (χ4n) is 3.22. The number of benzene rings is 2. The third kappa shape index (κ3) is 5.23. The van der Waals surface area contributed by atoms with Crippen molar-refractivity contribution in [3.63, 3.8) is 0 Å². The molecule has 1 atom stereocenters. The van der Waals surface area contributed by atoms with Crippen LogP contribution in [0.2, 0.25) is 0 Å². The molecule has 1 fully saturated rings. The van der Waals surface area contributed by atoms with Crippen LogP contribution in [0.15, 0.2) is 54.6 Å². The highest BCUT2D eigenvalue weighted by Gasteiger charge is 2.28. The average Bonchev–Trinajstić information content (AvgIpc) is 2.73. The molecule has 1 heterocycles. The molecule has 3 rings (SSSR count). The van der Waals surface area contributed by atoms with E-state index in [1.54, 1.807) is 12.0 Å². The van der Waals surface area contributed by atoms with E-state index < -0.39 is 0 Å². The third-order valence-electron chi connectivity index (χ3n) is 4.71. The summed E-state index contributed by atoms with van der Waals surface area (Å²) < 4.78 is 5.20. The van der Waals surface area contributed by atoms with Gasteiger partial charge in [-0.05, 0) is 42.7 Å². The van der Waals surface area contributed by atoms with Gasteiger partial charge in [0.05, 0.1) is 13.0 Å². The Labute approximate surface area is 159 Å². The summed E-state index contributed by atoms with van der Waals surface area (Å²) in [4.78, 5) is 26.7. The quantitative estimate of drug-likeness (QED) is 0.852. The first-order valence-electron chi connectivity index (χ1n) is 9.17. The van der Waals surface area contributed by atoms with Crippen LogP contribution in [0.25, 0.3) is 0 Å². The summed E-state index contributed by atoms with van der Waals surface area (Å²) in [7, 11) is 1.62. The monoisotopic (exact) mass is 367 g/mol. The van der Waals surface area contributed by atoms with Crippen molar-refractivity contribution in [2.75, 3.05) is 25.5 Å². The number of anilines is 1. The second-order valence-electron chi connectivity index (χ2n) is 6.65. The minimum atomic E-state index is -0.189. The number of nitrogens with one attached hydrogen (secondary N) is 2. The van der Waals surface area contributed by atoms with E-state index in [4.69, 9.17) is 4.74 Å². The second-order valence-corrected chi connectivity index (χ2v) is 6.65. The number of carbonyl (C=O) groups excluding carboxylic acids is 2. The SMILES string of the molecule is COc1cccc(CNC(=O)[C@H]2CCCN(C(=O)Nc3ccccc3)C2)c1. The fourth-order valence-corrected chi connectivity index (χ4v) is 3.22. The molecule has 0 saturated carbocycles. The molecule has 0 bridgehead atoms. The molecule has 2 N–H and O–H groups in total. The van der Waals surface area contributed by atoms with Gasteiger partial charge in [0, 0.05) is 25.3 Å². The minimum absolute atomic E-state index is 0.0185. The summed E-state index contributed by atoms with van der Waals surface area (Å²) in [5.41, 5.74) is 1.74. The maximum absolute atomic E-state index is 12.6. The number of piperidine rings is 1. The lowest BCUT2D eigenvalue weighted by Gasteiger charge is -2.32. The predicted octanol–water partition coefficient (Wildman–Crippen LogP) is 3.26. The van der Waals surface area contributed by atoms with Crippen LogP contribution < -0.4 is 15.4 Å². The van der Waals surface area contributed by atoms with Gasteiger partial charge >= 0.3 is 6.03 Å². The summed E-state index contributed by atoms with van der Waals surface area (Å²) in [6.45, 7) is 1.55. The van der Waals surface area contributed by atoms with E-state index in [2.05, 4.69) is 10.6 Å². The molecule has 1 saturated heterocycles. The van der Waals surface area contributed by atoms with Gasteiger partial charge in [-0.25, -0.2) is 4.79 Å². The topological polar surface area (TPSA) is 70.7 Å². The molecule has 3 amide bonds. The van der Waals surface area contributed by atoms with Gasteiger partial charge in [-0.1, -0.05) is 30.3 Å². The van der Waals surface area contributed by atoms with Crippen LogP contribution in [0.3, 0.4) is 0 Å². The van der Waals surface area contributed by atoms with E-state index in [1.165, 1.54) is 0 Å². The molecule has 1 aliphatic heterocycles. The van der Waals surface area contributed by atoms with Crippen molar-refractivity contribution in [1.82, 2.24) is 10.2 Å². The van der Waals surface area contributed by atoms with Crippen LogP contribution in [0.5, 0.6) is 5.75 Å². The number of hydrogen-bond acceptors (Lipinski definition) is 3. The normalized spacial score (nSPS) is 16.5. The van der Waals surface area contributed by atoms with Crippen LogP contribution in [0.1, 0.15) is 18.4 Å². The number of rotatable bonds is 5. The van der Waals surface area contributed by atoms with Crippen LogP contribution >= 0.6 is 0 Å². The van der Waals surface area contributed by atoms with Crippen molar-refractivity contribution < 1.29 is 14.3 Å². The predicted molar refractivity (Wildman–Crippen MR) is 105 cm³/mol. The largest absolute Gasteiger partial charge is 0.497 e. The van der Waals surface area contributed by atoms with Crippen molar-refractivity contribution in [3.8, 4) is 5.75 Å². The number of amides is 3. The average molecular weight is 367 g/mol. The first-order valence-corrected chi connectivity index (χ1v) is 9.17. The first kappa shape index (κ1) is 18.8. The highest BCUT2D eigenvalue weighted by atomic mass is 16.5. The van der Waals surface area contributed by atoms with E-state index in [-0.39, 0.29) is 17.9 Å². The van der Waals surface area contributed by atoms with Crippen LogP contribution in [0, 0.1) is 5.92 Å². The Morgan fingerprint density at radius 3 is 2.74 bits per heavy atom. The number of carbonyl (C=O) groups is 2. The van der Waals surface area contributed by atoms with Gasteiger partial charge in [-0.3, -0.25) is 4.79 Å². The Balaban J connectivity index is 1.52. The maximum atomic E-state index is 12.6. The van der Waals surface area contributed by atoms with Crippen molar-refractivity contribution in [2.24, 2.45) is 5.92 Å². The standard InChI is InChI=1S/C21H25N3O3/c1-27-19-11-5-7-16(13-19)14-22-20(25)17-8-6-12-24(15-17)21(26)23-18-9-3-2-4-10-18/h2-5,7,9-11,13,17H,6,8,12,14-15H2,1H3,(H,22,25)(H,23,26)/t17-/m0/s1. The van der Waals surface area contributed by atoms with Gasteiger partial charge in [0.1, 0.15) is 5.75 Å². The molecule has 0 aliphatic carbocycles. The van der Waals surface area contributed by atoms with E-state index in [1.807, 2.05) is 54.6 Å². The number of nitrogens with zero attached hydrogens (tertiary/aromatic N) is 1.